The van der Waals surface area contributed by atoms with Gasteiger partial charge in [0.25, 0.3) is 0 Å². The Bertz CT molecular complexity index is 770. The van der Waals surface area contributed by atoms with Gasteiger partial charge in [0.2, 0.25) is 0 Å². The van der Waals surface area contributed by atoms with Gasteiger partial charge in [-0.15, -0.1) is 0 Å². The minimum atomic E-state index is -0.878. The van der Waals surface area contributed by atoms with Crippen molar-refractivity contribution in [2.45, 2.75) is 6.10 Å². The fraction of sp³-hybridized carbons (Fsp3) is 0.200. The van der Waals surface area contributed by atoms with Crippen LogP contribution in [0.5, 0.6) is 11.5 Å². The number of fused-ring (bicyclic) bond motifs is 1. The molecule has 1 N–H and O–H groups in total. The van der Waals surface area contributed by atoms with E-state index in [9.17, 15) is 5.11 Å². The van der Waals surface area contributed by atoms with E-state index in [-0.39, 0.29) is 0 Å². The van der Waals surface area contributed by atoms with Crippen molar-refractivity contribution in [2.24, 2.45) is 0 Å². The molecule has 0 saturated carbocycles. The number of ether oxygens (including phenoxy) is 2. The van der Waals surface area contributed by atoms with E-state index in [2.05, 4.69) is 10.1 Å². The lowest BCUT2D eigenvalue weighted by molar-refractivity contribution is 0.215. The number of aromatic nitrogens is 3. The first kappa shape index (κ1) is 13.4. The molecular weight excluding hydrogens is 270 g/mol. The quantitative estimate of drug-likeness (QED) is 0.792. The van der Waals surface area contributed by atoms with Gasteiger partial charge in [-0.3, -0.25) is 4.98 Å². The third kappa shape index (κ3) is 2.30. The van der Waals surface area contributed by atoms with Crippen molar-refractivity contribution in [1.29, 1.82) is 0 Å². The molecule has 21 heavy (non-hydrogen) atoms. The van der Waals surface area contributed by atoms with E-state index in [1.807, 2.05) is 0 Å². The van der Waals surface area contributed by atoms with Crippen molar-refractivity contribution < 1.29 is 14.6 Å². The van der Waals surface area contributed by atoms with Crippen LogP contribution < -0.4 is 9.47 Å². The highest BCUT2D eigenvalue weighted by Gasteiger charge is 2.20. The summed E-state index contributed by atoms with van der Waals surface area (Å²) >= 11 is 0. The number of hydrogen-bond acceptors (Lipinski definition) is 5. The molecule has 0 fully saturated rings. The molecule has 0 aliphatic rings. The van der Waals surface area contributed by atoms with E-state index < -0.39 is 6.10 Å². The second-order valence-electron chi connectivity index (χ2n) is 4.52. The van der Waals surface area contributed by atoms with Gasteiger partial charge in [0.05, 0.1) is 32.1 Å². The van der Waals surface area contributed by atoms with E-state index in [0.29, 0.717) is 22.6 Å². The van der Waals surface area contributed by atoms with Crippen molar-refractivity contribution in [3.63, 3.8) is 0 Å². The van der Waals surface area contributed by atoms with Gasteiger partial charge in [0.1, 0.15) is 17.6 Å². The fourth-order valence-corrected chi connectivity index (χ4v) is 2.28. The highest BCUT2D eigenvalue weighted by Crippen LogP contribution is 2.34. The molecule has 0 aliphatic carbocycles. The van der Waals surface area contributed by atoms with Crippen LogP contribution in [0.2, 0.25) is 0 Å². The summed E-state index contributed by atoms with van der Waals surface area (Å²) < 4.78 is 12.2. The fourth-order valence-electron chi connectivity index (χ4n) is 2.28. The van der Waals surface area contributed by atoms with Crippen LogP contribution in [0.4, 0.5) is 0 Å². The monoisotopic (exact) mass is 285 g/mol. The van der Waals surface area contributed by atoms with Gasteiger partial charge < -0.3 is 14.6 Å². The Morgan fingerprint density at radius 1 is 1.14 bits per heavy atom. The molecule has 1 atom stereocenters. The van der Waals surface area contributed by atoms with Crippen LogP contribution in [0.25, 0.3) is 5.52 Å². The maximum absolute atomic E-state index is 10.7. The van der Waals surface area contributed by atoms with Gasteiger partial charge >= 0.3 is 0 Å². The molecule has 6 nitrogen and oxygen atoms in total. The summed E-state index contributed by atoms with van der Waals surface area (Å²) in [5.41, 5.74) is 2.03. The van der Waals surface area contributed by atoms with Crippen molar-refractivity contribution in [3.05, 3.63) is 54.1 Å². The van der Waals surface area contributed by atoms with E-state index in [1.165, 1.54) is 0 Å². The summed E-state index contributed by atoms with van der Waals surface area (Å²) in [6.45, 7) is 0. The summed E-state index contributed by atoms with van der Waals surface area (Å²) in [5, 5.41) is 14.9. The van der Waals surface area contributed by atoms with E-state index >= 15 is 0 Å². The maximum atomic E-state index is 10.7. The first-order valence-electron chi connectivity index (χ1n) is 6.42. The molecule has 108 valence electrons. The second kappa shape index (κ2) is 5.41. The molecule has 0 saturated heterocycles. The lowest BCUT2D eigenvalue weighted by Crippen LogP contribution is -2.03. The average Bonchev–Trinajstić information content (AvgIpc) is 2.97. The molecule has 3 rings (SSSR count). The second-order valence-corrected chi connectivity index (χ2v) is 4.52. The predicted molar refractivity (Wildman–Crippen MR) is 76.6 cm³/mol. The normalized spacial score (nSPS) is 12.3. The van der Waals surface area contributed by atoms with Crippen LogP contribution in [0.15, 0.2) is 43.0 Å². The Hall–Kier alpha value is -2.60. The molecule has 2 heterocycles. The van der Waals surface area contributed by atoms with Gasteiger partial charge in [0.15, 0.2) is 0 Å². The van der Waals surface area contributed by atoms with Crippen LogP contribution in [0, 0.1) is 0 Å². The number of aliphatic hydroxyl groups is 1. The largest absolute Gasteiger partial charge is 0.497 e. The zero-order chi connectivity index (χ0) is 14.8. The molecule has 0 spiro atoms. The Balaban J connectivity index is 2.11. The number of rotatable bonds is 4. The van der Waals surface area contributed by atoms with Gasteiger partial charge in [-0.05, 0) is 18.2 Å². The van der Waals surface area contributed by atoms with Crippen molar-refractivity contribution in [1.82, 2.24) is 14.6 Å². The van der Waals surface area contributed by atoms with E-state index in [1.54, 1.807) is 61.7 Å². The molecule has 3 aromatic rings. The summed E-state index contributed by atoms with van der Waals surface area (Å²) in [6, 6.07) is 5.30. The molecule has 0 radical (unpaired) electrons. The molecule has 2 aromatic heterocycles. The van der Waals surface area contributed by atoms with Crippen LogP contribution in [-0.4, -0.2) is 33.9 Å². The zero-order valence-corrected chi connectivity index (χ0v) is 11.7. The number of hydrogen-bond donors (Lipinski definition) is 1. The molecule has 0 amide bonds. The Morgan fingerprint density at radius 2 is 2.00 bits per heavy atom. The van der Waals surface area contributed by atoms with Crippen molar-refractivity contribution in [3.8, 4) is 11.5 Å². The lowest BCUT2D eigenvalue weighted by Gasteiger charge is -2.15. The van der Waals surface area contributed by atoms with Crippen LogP contribution in [0.3, 0.4) is 0 Å². The molecule has 1 unspecified atom stereocenters. The van der Waals surface area contributed by atoms with Crippen molar-refractivity contribution >= 4 is 5.52 Å². The average molecular weight is 285 g/mol. The third-order valence-corrected chi connectivity index (χ3v) is 3.38. The van der Waals surface area contributed by atoms with Crippen molar-refractivity contribution in [2.75, 3.05) is 14.2 Å². The highest BCUT2D eigenvalue weighted by atomic mass is 16.5. The van der Waals surface area contributed by atoms with Crippen LogP contribution in [0.1, 0.15) is 17.2 Å². The predicted octanol–water partition coefficient (Wildman–Crippen LogP) is 1.83. The molecule has 0 aliphatic heterocycles. The summed E-state index contributed by atoms with van der Waals surface area (Å²) in [5.74, 6) is 1.24. The molecular formula is C15H15N3O3. The van der Waals surface area contributed by atoms with Gasteiger partial charge in [-0.1, -0.05) is 0 Å². The Morgan fingerprint density at radius 3 is 2.76 bits per heavy atom. The first-order chi connectivity index (χ1) is 10.2. The topological polar surface area (TPSA) is 68.9 Å². The number of methoxy groups -OCH3 is 2. The summed E-state index contributed by atoms with van der Waals surface area (Å²) in [6.07, 6.45) is 5.78. The Kier molecular flexibility index (Phi) is 3.45. The minimum Gasteiger partial charge on any atom is -0.497 e. The number of nitrogens with zero attached hydrogens (tertiary/aromatic N) is 3. The lowest BCUT2D eigenvalue weighted by atomic mass is 10.0. The maximum Gasteiger partial charge on any atom is 0.125 e. The third-order valence-electron chi connectivity index (χ3n) is 3.38. The smallest absolute Gasteiger partial charge is 0.125 e. The molecule has 1 aromatic carbocycles. The molecule has 0 bridgehead atoms. The number of aliphatic hydroxyl groups excluding tert-OH is 1. The van der Waals surface area contributed by atoms with Crippen LogP contribution >= 0.6 is 0 Å². The standard InChI is InChI=1S/C15H15N3O3/c1-20-10-3-4-14(21-2)11(7-10)15(19)12-8-17-18-6-5-16-9-13(12)18/h3-9,15,19H,1-2H3. The summed E-state index contributed by atoms with van der Waals surface area (Å²) in [7, 11) is 3.15. The summed E-state index contributed by atoms with van der Waals surface area (Å²) in [4.78, 5) is 4.07. The highest BCUT2D eigenvalue weighted by molar-refractivity contribution is 5.57. The minimum absolute atomic E-state index is 0.589. The Labute approximate surface area is 121 Å². The van der Waals surface area contributed by atoms with Crippen LogP contribution in [-0.2, 0) is 0 Å². The van der Waals surface area contributed by atoms with Gasteiger partial charge in [0, 0.05) is 23.5 Å². The van der Waals surface area contributed by atoms with E-state index in [4.69, 9.17) is 9.47 Å². The zero-order valence-electron chi connectivity index (χ0n) is 11.7. The first-order valence-corrected chi connectivity index (χ1v) is 6.42. The number of benzene rings is 1. The van der Waals surface area contributed by atoms with Gasteiger partial charge in [-0.25, -0.2) is 4.52 Å². The SMILES string of the molecule is COc1ccc(OC)c(C(O)c2cnn3ccncc23)c1. The molecule has 6 heteroatoms. The van der Waals surface area contributed by atoms with E-state index in [0.717, 1.165) is 5.52 Å². The van der Waals surface area contributed by atoms with Gasteiger partial charge in [-0.2, -0.15) is 5.10 Å².